The minimum absolute atomic E-state index is 0.0738. The maximum absolute atomic E-state index is 13.3. The Hall–Kier alpha value is -3.44. The fourth-order valence-electron chi connectivity index (χ4n) is 2.60. The summed E-state index contributed by atoms with van der Waals surface area (Å²) in [7, 11) is -4.05. The average Bonchev–Trinajstić information content (AvgIpc) is 3.01. The first-order valence-corrected chi connectivity index (χ1v) is 9.31. The molecule has 0 radical (unpaired) electrons. The lowest BCUT2D eigenvalue weighted by molar-refractivity contribution is -0.114. The molecule has 2 aromatic carbocycles. The van der Waals surface area contributed by atoms with Crippen LogP contribution in [0, 0.1) is 17.1 Å². The third-order valence-electron chi connectivity index (χ3n) is 3.85. The van der Waals surface area contributed by atoms with E-state index in [-0.39, 0.29) is 10.8 Å². The van der Waals surface area contributed by atoms with Crippen LogP contribution in [-0.2, 0) is 14.6 Å². The maximum Gasteiger partial charge on any atom is 0.221 e. The summed E-state index contributed by atoms with van der Waals surface area (Å²) >= 11 is 0. The van der Waals surface area contributed by atoms with E-state index in [9.17, 15) is 22.9 Å². The molecule has 1 amide bonds. The van der Waals surface area contributed by atoms with Crippen LogP contribution in [0.4, 0.5) is 10.1 Å². The number of anilines is 1. The highest BCUT2D eigenvalue weighted by Gasteiger charge is 2.21. The summed E-state index contributed by atoms with van der Waals surface area (Å²) in [6, 6.07) is 11.3. The second-order valence-corrected chi connectivity index (χ2v) is 7.68. The van der Waals surface area contributed by atoms with E-state index in [0.29, 0.717) is 22.2 Å². The summed E-state index contributed by atoms with van der Waals surface area (Å²) in [4.78, 5) is 13.4. The van der Waals surface area contributed by atoms with Crippen molar-refractivity contribution in [2.45, 2.75) is 11.8 Å². The lowest BCUT2D eigenvalue weighted by Gasteiger charge is -2.05. The molecule has 0 bridgehead atoms. The van der Waals surface area contributed by atoms with Gasteiger partial charge >= 0.3 is 0 Å². The number of fused-ring (bicyclic) bond motifs is 1. The topological polar surface area (TPSA) is 103 Å². The van der Waals surface area contributed by atoms with Gasteiger partial charge in [-0.3, -0.25) is 4.79 Å². The predicted molar refractivity (Wildman–Crippen MR) is 99.8 cm³/mol. The van der Waals surface area contributed by atoms with Crippen molar-refractivity contribution in [3.8, 4) is 6.07 Å². The second kappa shape index (κ2) is 7.05. The summed E-state index contributed by atoms with van der Waals surface area (Å²) in [6.45, 7) is 1.34. The quantitative estimate of drug-likeness (QED) is 0.672. The molecule has 0 unspecified atom stereocenters. The number of hydrogen-bond donors (Lipinski definition) is 2. The fraction of sp³-hybridized carbons (Fsp3) is 0.0526. The number of nitriles is 1. The van der Waals surface area contributed by atoms with Gasteiger partial charge in [-0.25, -0.2) is 12.8 Å². The van der Waals surface area contributed by atoms with Gasteiger partial charge in [0.2, 0.25) is 15.7 Å². The Bertz CT molecular complexity index is 1200. The van der Waals surface area contributed by atoms with E-state index < -0.39 is 20.6 Å². The van der Waals surface area contributed by atoms with Gasteiger partial charge in [-0.2, -0.15) is 5.26 Å². The number of allylic oxidation sites excluding steroid dienone is 1. The number of amides is 1. The molecule has 0 saturated carbocycles. The van der Waals surface area contributed by atoms with E-state index in [4.69, 9.17) is 0 Å². The molecule has 136 valence electrons. The van der Waals surface area contributed by atoms with Crippen LogP contribution in [0.1, 0.15) is 12.5 Å². The monoisotopic (exact) mass is 383 g/mol. The molecule has 0 saturated heterocycles. The Kier molecular flexibility index (Phi) is 4.79. The first-order valence-electron chi connectivity index (χ1n) is 7.82. The predicted octanol–water partition coefficient (Wildman–Crippen LogP) is 3.60. The Balaban J connectivity index is 2.01. The molecular formula is C19H14FN3O3S. The van der Waals surface area contributed by atoms with Crippen molar-refractivity contribution in [1.82, 2.24) is 4.98 Å². The van der Waals surface area contributed by atoms with Crippen LogP contribution >= 0.6 is 0 Å². The first kappa shape index (κ1) is 18.4. The van der Waals surface area contributed by atoms with Crippen molar-refractivity contribution < 1.29 is 17.6 Å². The number of carbonyl (C=O) groups excluding carboxylic acids is 1. The molecule has 6 nitrogen and oxygen atoms in total. The van der Waals surface area contributed by atoms with Crippen LogP contribution in [0.15, 0.2) is 58.5 Å². The number of rotatable bonds is 4. The van der Waals surface area contributed by atoms with E-state index in [1.807, 2.05) is 0 Å². The Morgan fingerprint density at radius 1 is 1.22 bits per heavy atom. The smallest absolute Gasteiger partial charge is 0.221 e. The molecule has 0 aliphatic heterocycles. The maximum atomic E-state index is 13.3. The van der Waals surface area contributed by atoms with Gasteiger partial charge in [0.15, 0.2) is 0 Å². The summed E-state index contributed by atoms with van der Waals surface area (Å²) < 4.78 is 38.8. The number of nitrogens with zero attached hydrogens (tertiary/aromatic N) is 1. The lowest BCUT2D eigenvalue weighted by Crippen LogP contribution is -2.07. The molecule has 0 spiro atoms. The number of benzene rings is 2. The van der Waals surface area contributed by atoms with Crippen LogP contribution in [-0.4, -0.2) is 19.3 Å². The Morgan fingerprint density at radius 3 is 2.56 bits per heavy atom. The van der Waals surface area contributed by atoms with Crippen molar-refractivity contribution in [3.63, 3.8) is 0 Å². The zero-order valence-corrected chi connectivity index (χ0v) is 15.0. The Labute approximate surface area is 154 Å². The van der Waals surface area contributed by atoms with Gasteiger partial charge in [-0.05, 0) is 48.5 Å². The number of carbonyl (C=O) groups is 1. The van der Waals surface area contributed by atoms with Crippen molar-refractivity contribution in [2.24, 2.45) is 0 Å². The normalized spacial score (nSPS) is 12.0. The summed E-state index contributed by atoms with van der Waals surface area (Å²) in [5, 5.41) is 12.5. The van der Waals surface area contributed by atoms with Gasteiger partial charge < -0.3 is 10.3 Å². The van der Waals surface area contributed by atoms with Crippen LogP contribution in [0.5, 0.6) is 0 Å². The summed E-state index contributed by atoms with van der Waals surface area (Å²) in [6.07, 6.45) is 2.75. The first-order chi connectivity index (χ1) is 12.8. The molecule has 0 atom stereocenters. The second-order valence-electron chi connectivity index (χ2n) is 5.76. The molecule has 0 fully saturated rings. The fourth-order valence-corrected chi connectivity index (χ4v) is 3.75. The largest absolute Gasteiger partial charge is 0.360 e. The van der Waals surface area contributed by atoms with E-state index in [2.05, 4.69) is 10.3 Å². The van der Waals surface area contributed by atoms with Gasteiger partial charge in [-0.1, -0.05) is 0 Å². The molecule has 2 N–H and O–H groups in total. The van der Waals surface area contributed by atoms with E-state index in [0.717, 1.165) is 0 Å². The highest BCUT2D eigenvalue weighted by atomic mass is 32.2. The Morgan fingerprint density at radius 2 is 1.93 bits per heavy atom. The van der Waals surface area contributed by atoms with Gasteiger partial charge in [0.1, 0.15) is 16.8 Å². The van der Waals surface area contributed by atoms with E-state index in [1.165, 1.54) is 61.7 Å². The summed E-state index contributed by atoms with van der Waals surface area (Å²) in [5.41, 5.74) is 1.40. The zero-order valence-electron chi connectivity index (χ0n) is 14.2. The van der Waals surface area contributed by atoms with E-state index >= 15 is 0 Å². The third kappa shape index (κ3) is 3.73. The highest BCUT2D eigenvalue weighted by Crippen LogP contribution is 2.26. The third-order valence-corrected chi connectivity index (χ3v) is 5.53. The van der Waals surface area contributed by atoms with Crippen molar-refractivity contribution in [1.29, 1.82) is 5.26 Å². The highest BCUT2D eigenvalue weighted by molar-refractivity contribution is 7.95. The van der Waals surface area contributed by atoms with Crippen molar-refractivity contribution in [2.75, 3.05) is 5.32 Å². The molecule has 1 aromatic heterocycles. The molecule has 1 heterocycles. The number of aromatic amines is 1. The SMILES string of the molecule is CC(=O)Nc1ccc(S(=O)(=O)/C(C#N)=C/c2c[nH]c3cc(F)ccc23)cc1. The van der Waals surface area contributed by atoms with Gasteiger partial charge in [0, 0.05) is 35.3 Å². The number of halogens is 1. The molecule has 3 aromatic rings. The van der Waals surface area contributed by atoms with Crippen LogP contribution in [0.2, 0.25) is 0 Å². The number of H-pyrrole nitrogens is 1. The molecule has 8 heteroatoms. The van der Waals surface area contributed by atoms with Crippen LogP contribution in [0.25, 0.3) is 17.0 Å². The number of sulfone groups is 1. The van der Waals surface area contributed by atoms with E-state index in [1.54, 1.807) is 6.07 Å². The molecular weight excluding hydrogens is 369 g/mol. The molecule has 0 aliphatic rings. The van der Waals surface area contributed by atoms with Gasteiger partial charge in [0.25, 0.3) is 0 Å². The van der Waals surface area contributed by atoms with Crippen LogP contribution < -0.4 is 5.32 Å². The van der Waals surface area contributed by atoms with Crippen LogP contribution in [0.3, 0.4) is 0 Å². The number of nitrogens with one attached hydrogen (secondary N) is 2. The molecule has 27 heavy (non-hydrogen) atoms. The minimum atomic E-state index is -4.05. The number of hydrogen-bond acceptors (Lipinski definition) is 4. The van der Waals surface area contributed by atoms with Gasteiger partial charge in [-0.15, -0.1) is 0 Å². The van der Waals surface area contributed by atoms with Crippen molar-refractivity contribution >= 4 is 38.4 Å². The standard InChI is InChI=1S/C19H14FN3O3S/c1-12(24)23-15-3-5-16(6-4-15)27(25,26)17(10-21)8-13-11-22-19-9-14(20)2-7-18(13)19/h2-9,11,22H,1H3,(H,23,24)/b17-8+. The lowest BCUT2D eigenvalue weighted by atomic mass is 10.1. The minimum Gasteiger partial charge on any atom is -0.360 e. The molecule has 0 aliphatic carbocycles. The van der Waals surface area contributed by atoms with Gasteiger partial charge in [0.05, 0.1) is 4.90 Å². The zero-order chi connectivity index (χ0) is 19.6. The number of aromatic nitrogens is 1. The molecule has 3 rings (SSSR count). The van der Waals surface area contributed by atoms with Crippen molar-refractivity contribution in [3.05, 3.63) is 64.9 Å². The summed E-state index contributed by atoms with van der Waals surface area (Å²) in [5.74, 6) is -0.703. The average molecular weight is 383 g/mol.